The van der Waals surface area contributed by atoms with Crippen molar-refractivity contribution in [2.45, 2.75) is 51.2 Å². The second-order valence-electron chi connectivity index (χ2n) is 8.28. The molecule has 1 heterocycles. The van der Waals surface area contributed by atoms with Gasteiger partial charge < -0.3 is 15.4 Å². The number of rotatable bonds is 6. The van der Waals surface area contributed by atoms with Gasteiger partial charge in [0.2, 0.25) is 5.91 Å². The first kappa shape index (κ1) is 22.1. The number of hydrogen-bond donors (Lipinski definition) is 1. The lowest BCUT2D eigenvalue weighted by Crippen LogP contribution is -2.49. The monoisotopic (exact) mass is 434 g/mol. The Morgan fingerprint density at radius 2 is 1.86 bits per heavy atom. The molecular formula is C23H31ClN2O2S. The van der Waals surface area contributed by atoms with Crippen LogP contribution in [0.25, 0.3) is 0 Å². The van der Waals surface area contributed by atoms with Gasteiger partial charge in [0.25, 0.3) is 0 Å². The van der Waals surface area contributed by atoms with Gasteiger partial charge in [0, 0.05) is 28.9 Å². The van der Waals surface area contributed by atoms with Crippen molar-refractivity contribution in [1.29, 1.82) is 0 Å². The lowest BCUT2D eigenvalue weighted by atomic mass is 9.65. The first-order valence-electron chi connectivity index (χ1n) is 10.3. The van der Waals surface area contributed by atoms with Crippen molar-refractivity contribution < 1.29 is 9.53 Å². The second kappa shape index (κ2) is 9.96. The number of fused-ring (bicyclic) bond motifs is 2. The fraction of sp³-hybridized carbons (Fsp3) is 0.522. The van der Waals surface area contributed by atoms with E-state index in [9.17, 15) is 4.79 Å². The maximum atomic E-state index is 13.6. The summed E-state index contributed by atoms with van der Waals surface area (Å²) < 4.78 is 5.53. The standard InChI is InChI=1S/C23H30N2O2S.ClH/c1-27-21-10-3-2-6-18(21)14-25(15-20-9-5-11-28-20)23(26)19-12-16-7-4-8-17(13-19)22(16)24;/h2-3,5-6,9-11,16-17,19,22H,4,7-8,12-15,24H2,1H3;1H. The number of hydrogen-bond acceptors (Lipinski definition) is 4. The number of para-hydroxylation sites is 1. The van der Waals surface area contributed by atoms with Gasteiger partial charge in [-0.25, -0.2) is 0 Å². The molecule has 4 rings (SSSR count). The molecule has 2 aliphatic carbocycles. The number of nitrogens with zero attached hydrogens (tertiary/aromatic N) is 1. The van der Waals surface area contributed by atoms with Crippen LogP contribution in [-0.2, 0) is 17.9 Å². The van der Waals surface area contributed by atoms with Crippen molar-refractivity contribution in [1.82, 2.24) is 4.90 Å². The summed E-state index contributed by atoms with van der Waals surface area (Å²) in [6.07, 6.45) is 5.52. The van der Waals surface area contributed by atoms with Crippen LogP contribution in [0.3, 0.4) is 0 Å². The van der Waals surface area contributed by atoms with E-state index in [0.717, 1.165) is 24.2 Å². The summed E-state index contributed by atoms with van der Waals surface area (Å²) in [5.74, 6) is 2.24. The highest BCUT2D eigenvalue weighted by Crippen LogP contribution is 2.42. The van der Waals surface area contributed by atoms with Crippen LogP contribution in [0, 0.1) is 17.8 Å². The third kappa shape index (κ3) is 4.96. The number of thiophene rings is 1. The number of halogens is 1. The van der Waals surface area contributed by atoms with Crippen LogP contribution in [0.4, 0.5) is 0 Å². The molecule has 2 N–H and O–H groups in total. The molecule has 0 radical (unpaired) electrons. The van der Waals surface area contributed by atoms with E-state index < -0.39 is 0 Å². The number of nitrogens with two attached hydrogens (primary N) is 1. The summed E-state index contributed by atoms with van der Waals surface area (Å²) in [7, 11) is 1.69. The fourth-order valence-corrected chi connectivity index (χ4v) is 5.81. The van der Waals surface area contributed by atoms with E-state index in [1.165, 1.54) is 24.1 Å². The lowest BCUT2D eigenvalue weighted by molar-refractivity contribution is -0.140. The quantitative estimate of drug-likeness (QED) is 0.706. The van der Waals surface area contributed by atoms with E-state index in [2.05, 4.69) is 23.6 Å². The molecule has 1 aromatic carbocycles. The van der Waals surface area contributed by atoms with Gasteiger partial charge >= 0.3 is 0 Å². The van der Waals surface area contributed by atoms with E-state index in [0.29, 0.717) is 24.9 Å². The summed E-state index contributed by atoms with van der Waals surface area (Å²) in [4.78, 5) is 16.9. The zero-order valence-electron chi connectivity index (χ0n) is 17.0. The Morgan fingerprint density at radius 1 is 1.14 bits per heavy atom. The molecule has 0 spiro atoms. The Labute approximate surface area is 183 Å². The molecule has 2 aromatic rings. The zero-order valence-corrected chi connectivity index (χ0v) is 18.6. The van der Waals surface area contributed by atoms with Crippen LogP contribution in [-0.4, -0.2) is 24.0 Å². The Balaban J connectivity index is 0.00000240. The van der Waals surface area contributed by atoms with E-state index in [4.69, 9.17) is 10.5 Å². The predicted molar refractivity (Wildman–Crippen MR) is 120 cm³/mol. The van der Waals surface area contributed by atoms with Crippen molar-refractivity contribution in [2.24, 2.45) is 23.5 Å². The SMILES string of the molecule is COc1ccccc1CN(Cc1cccs1)C(=O)C1CC2CCCC(C1)C2N.Cl. The zero-order chi connectivity index (χ0) is 19.5. The Kier molecular flexibility index (Phi) is 7.60. The highest BCUT2D eigenvalue weighted by atomic mass is 35.5. The van der Waals surface area contributed by atoms with Gasteiger partial charge in [-0.2, -0.15) is 0 Å². The van der Waals surface area contributed by atoms with Crippen molar-refractivity contribution in [3.05, 3.63) is 52.2 Å². The molecule has 2 aliphatic rings. The Morgan fingerprint density at radius 3 is 2.52 bits per heavy atom. The molecule has 2 saturated carbocycles. The molecule has 29 heavy (non-hydrogen) atoms. The van der Waals surface area contributed by atoms with Crippen LogP contribution in [0.1, 0.15) is 42.5 Å². The third-order valence-electron chi connectivity index (χ3n) is 6.55. The van der Waals surface area contributed by atoms with Crippen LogP contribution in [0.5, 0.6) is 5.75 Å². The predicted octanol–water partition coefficient (Wildman–Crippen LogP) is 4.86. The Hall–Kier alpha value is -1.56. The number of carbonyl (C=O) groups excluding carboxylic acids is 1. The highest BCUT2D eigenvalue weighted by molar-refractivity contribution is 7.09. The molecule has 0 saturated heterocycles. The average Bonchev–Trinajstić information content (AvgIpc) is 3.20. The fourth-order valence-electron chi connectivity index (χ4n) is 5.09. The number of carbonyl (C=O) groups is 1. The van der Waals surface area contributed by atoms with Crippen molar-refractivity contribution in [3.8, 4) is 5.75 Å². The molecule has 1 amide bonds. The second-order valence-corrected chi connectivity index (χ2v) is 9.31. The Bertz CT molecular complexity index is 784. The maximum absolute atomic E-state index is 13.6. The van der Waals surface area contributed by atoms with Crippen LogP contribution < -0.4 is 10.5 Å². The summed E-state index contributed by atoms with van der Waals surface area (Å²) in [6, 6.07) is 12.5. The van der Waals surface area contributed by atoms with Crippen molar-refractivity contribution in [2.75, 3.05) is 7.11 Å². The molecule has 6 heteroatoms. The minimum Gasteiger partial charge on any atom is -0.496 e. The van der Waals surface area contributed by atoms with Crippen molar-refractivity contribution in [3.63, 3.8) is 0 Å². The molecule has 158 valence electrons. The van der Waals surface area contributed by atoms with Crippen molar-refractivity contribution >= 4 is 29.7 Å². The van der Waals surface area contributed by atoms with E-state index >= 15 is 0 Å². The minimum absolute atomic E-state index is 0. The van der Waals surface area contributed by atoms with Crippen LogP contribution in [0.2, 0.25) is 0 Å². The number of methoxy groups -OCH3 is 1. The number of benzene rings is 1. The molecule has 2 bridgehead atoms. The number of amides is 1. The van der Waals surface area contributed by atoms with Gasteiger partial charge in [-0.1, -0.05) is 30.7 Å². The van der Waals surface area contributed by atoms with E-state index in [1.807, 2.05) is 23.1 Å². The smallest absolute Gasteiger partial charge is 0.226 e. The van der Waals surface area contributed by atoms with Gasteiger partial charge in [-0.3, -0.25) is 4.79 Å². The van der Waals surface area contributed by atoms with Gasteiger partial charge in [0.15, 0.2) is 0 Å². The van der Waals surface area contributed by atoms with Gasteiger partial charge in [0.1, 0.15) is 5.75 Å². The molecule has 1 aromatic heterocycles. The largest absolute Gasteiger partial charge is 0.496 e. The van der Waals surface area contributed by atoms with E-state index in [-0.39, 0.29) is 30.3 Å². The summed E-state index contributed by atoms with van der Waals surface area (Å²) in [5.41, 5.74) is 7.51. The van der Waals surface area contributed by atoms with E-state index in [1.54, 1.807) is 18.4 Å². The molecular weight excluding hydrogens is 404 g/mol. The molecule has 4 nitrogen and oxygen atoms in total. The highest BCUT2D eigenvalue weighted by Gasteiger charge is 2.41. The molecule has 2 fully saturated rings. The molecule has 2 unspecified atom stereocenters. The summed E-state index contributed by atoms with van der Waals surface area (Å²) in [6.45, 7) is 1.24. The van der Waals surface area contributed by atoms with Crippen LogP contribution in [0.15, 0.2) is 41.8 Å². The first-order chi connectivity index (χ1) is 13.7. The topological polar surface area (TPSA) is 55.6 Å². The normalized spacial score (nSPS) is 25.7. The minimum atomic E-state index is 0. The summed E-state index contributed by atoms with van der Waals surface area (Å²) in [5, 5.41) is 2.07. The summed E-state index contributed by atoms with van der Waals surface area (Å²) >= 11 is 1.71. The van der Waals surface area contributed by atoms with Gasteiger partial charge in [-0.05, 0) is 55.0 Å². The van der Waals surface area contributed by atoms with Gasteiger partial charge in [-0.15, -0.1) is 23.7 Å². The van der Waals surface area contributed by atoms with Crippen LogP contribution >= 0.6 is 23.7 Å². The molecule has 2 atom stereocenters. The lowest BCUT2D eigenvalue weighted by Gasteiger charge is -2.44. The third-order valence-corrected chi connectivity index (χ3v) is 7.42. The average molecular weight is 435 g/mol. The first-order valence-corrected chi connectivity index (χ1v) is 11.2. The maximum Gasteiger partial charge on any atom is 0.226 e. The number of ether oxygens (including phenoxy) is 1. The van der Waals surface area contributed by atoms with Gasteiger partial charge in [0.05, 0.1) is 13.7 Å². The molecule has 0 aliphatic heterocycles.